The van der Waals surface area contributed by atoms with Crippen LogP contribution in [0.3, 0.4) is 0 Å². The summed E-state index contributed by atoms with van der Waals surface area (Å²) in [5.41, 5.74) is -0.398. The lowest BCUT2D eigenvalue weighted by Gasteiger charge is -2.21. The molecule has 1 saturated heterocycles. The third-order valence-corrected chi connectivity index (χ3v) is 2.71. The summed E-state index contributed by atoms with van der Waals surface area (Å²) in [4.78, 5) is 22.6. The van der Waals surface area contributed by atoms with Gasteiger partial charge in [0.15, 0.2) is 0 Å². The lowest BCUT2D eigenvalue weighted by atomic mass is 9.91. The van der Waals surface area contributed by atoms with Crippen LogP contribution >= 0.6 is 0 Å². The van der Waals surface area contributed by atoms with E-state index in [2.05, 4.69) is 10.6 Å². The lowest BCUT2D eigenvalue weighted by Crippen LogP contribution is -2.41. The van der Waals surface area contributed by atoms with Gasteiger partial charge in [0.25, 0.3) is 5.91 Å². The van der Waals surface area contributed by atoms with E-state index in [0.29, 0.717) is 0 Å². The minimum Gasteiger partial charge on any atom is -0.319 e. The molecule has 4 nitrogen and oxygen atoms in total. The molecule has 84 valence electrons. The molecule has 1 unspecified atom stereocenters. The van der Waals surface area contributed by atoms with Gasteiger partial charge in [0.05, 0.1) is 0 Å². The second-order valence-corrected chi connectivity index (χ2v) is 4.02. The third kappa shape index (κ3) is 1.44. The van der Waals surface area contributed by atoms with Crippen LogP contribution in [0, 0.1) is 12.7 Å². The van der Waals surface area contributed by atoms with Crippen LogP contribution in [0.15, 0.2) is 18.2 Å². The molecule has 0 aromatic heterocycles. The van der Waals surface area contributed by atoms with Gasteiger partial charge in [-0.1, -0.05) is 12.1 Å². The van der Waals surface area contributed by atoms with Crippen LogP contribution in [-0.2, 0) is 10.3 Å². The van der Waals surface area contributed by atoms with E-state index >= 15 is 0 Å². The van der Waals surface area contributed by atoms with E-state index in [0.717, 1.165) is 5.56 Å². The number of carbonyl (C=O) groups is 2. The van der Waals surface area contributed by atoms with Crippen molar-refractivity contribution in [1.82, 2.24) is 10.6 Å². The number of hydrogen-bond donors (Lipinski definition) is 2. The molecule has 1 heterocycles. The zero-order valence-electron chi connectivity index (χ0n) is 8.93. The largest absolute Gasteiger partial charge is 0.322 e. The van der Waals surface area contributed by atoms with Crippen LogP contribution in [0.1, 0.15) is 18.1 Å². The maximum absolute atomic E-state index is 13.7. The quantitative estimate of drug-likeness (QED) is 0.701. The van der Waals surface area contributed by atoms with E-state index in [-0.39, 0.29) is 5.56 Å². The molecule has 0 bridgehead atoms. The van der Waals surface area contributed by atoms with Gasteiger partial charge in [0.1, 0.15) is 11.4 Å². The molecule has 3 amide bonds. The number of amides is 3. The Kier molecular flexibility index (Phi) is 2.18. The first kappa shape index (κ1) is 10.6. The lowest BCUT2D eigenvalue weighted by molar-refractivity contribution is -0.123. The van der Waals surface area contributed by atoms with Crippen LogP contribution < -0.4 is 10.6 Å². The first-order valence-electron chi connectivity index (χ1n) is 4.84. The van der Waals surface area contributed by atoms with Crippen molar-refractivity contribution in [3.8, 4) is 0 Å². The van der Waals surface area contributed by atoms with E-state index in [4.69, 9.17) is 0 Å². The molecule has 0 saturated carbocycles. The van der Waals surface area contributed by atoms with Gasteiger partial charge in [0, 0.05) is 5.56 Å². The van der Waals surface area contributed by atoms with Crippen LogP contribution in [0.2, 0.25) is 0 Å². The van der Waals surface area contributed by atoms with Crippen molar-refractivity contribution < 1.29 is 14.0 Å². The molecule has 2 rings (SSSR count). The smallest absolute Gasteiger partial charge is 0.319 e. The summed E-state index contributed by atoms with van der Waals surface area (Å²) in [5, 5.41) is 4.51. The van der Waals surface area contributed by atoms with E-state index in [1.54, 1.807) is 13.0 Å². The number of urea groups is 1. The number of hydrogen-bond acceptors (Lipinski definition) is 2. The Balaban J connectivity index is 2.51. The maximum Gasteiger partial charge on any atom is 0.322 e. The molecule has 0 spiro atoms. The van der Waals surface area contributed by atoms with Crippen LogP contribution in [0.5, 0.6) is 0 Å². The molecular weight excluding hydrogens is 211 g/mol. The Hall–Kier alpha value is -1.91. The first-order valence-corrected chi connectivity index (χ1v) is 4.84. The molecule has 0 radical (unpaired) electrons. The fourth-order valence-electron chi connectivity index (χ4n) is 1.76. The number of carbonyl (C=O) groups excluding carboxylic acids is 2. The van der Waals surface area contributed by atoms with Crippen LogP contribution in [0.4, 0.5) is 9.18 Å². The summed E-state index contributed by atoms with van der Waals surface area (Å²) in [6.45, 7) is 3.23. The minimum absolute atomic E-state index is 0.168. The molecule has 1 aromatic carbocycles. The van der Waals surface area contributed by atoms with E-state index in [9.17, 15) is 14.0 Å². The van der Waals surface area contributed by atoms with Gasteiger partial charge < -0.3 is 5.32 Å². The fourth-order valence-corrected chi connectivity index (χ4v) is 1.76. The fraction of sp³-hybridized carbons (Fsp3) is 0.273. The zero-order valence-corrected chi connectivity index (χ0v) is 8.93. The molecule has 1 aliphatic rings. The Bertz CT molecular complexity index is 487. The van der Waals surface area contributed by atoms with E-state index < -0.39 is 23.3 Å². The monoisotopic (exact) mass is 222 g/mol. The van der Waals surface area contributed by atoms with Crippen molar-refractivity contribution in [2.24, 2.45) is 0 Å². The van der Waals surface area contributed by atoms with Crippen molar-refractivity contribution in [2.75, 3.05) is 0 Å². The molecule has 1 atom stereocenters. The molecule has 2 N–H and O–H groups in total. The standard InChI is InChI=1S/C11H11FN2O2/c1-6-3-4-7(8(12)5-6)11(2)9(15)13-10(16)14-11/h3-5H,1-2H3,(H2,13,14,15,16). The number of halogens is 1. The summed E-state index contributed by atoms with van der Waals surface area (Å²) in [6.07, 6.45) is 0. The Morgan fingerprint density at radius 2 is 2.00 bits per heavy atom. The number of aryl methyl sites for hydroxylation is 1. The second-order valence-electron chi connectivity index (χ2n) is 4.02. The zero-order chi connectivity index (χ0) is 11.9. The molecular formula is C11H11FN2O2. The van der Waals surface area contributed by atoms with Crippen molar-refractivity contribution in [1.29, 1.82) is 0 Å². The molecule has 16 heavy (non-hydrogen) atoms. The molecule has 1 fully saturated rings. The van der Waals surface area contributed by atoms with Crippen LogP contribution in [0.25, 0.3) is 0 Å². The van der Waals surface area contributed by atoms with Gasteiger partial charge >= 0.3 is 6.03 Å². The van der Waals surface area contributed by atoms with Crippen molar-refractivity contribution >= 4 is 11.9 Å². The predicted octanol–water partition coefficient (Wildman–Crippen LogP) is 1.19. The van der Waals surface area contributed by atoms with E-state index in [1.807, 2.05) is 0 Å². The Morgan fingerprint density at radius 1 is 1.31 bits per heavy atom. The summed E-state index contributed by atoms with van der Waals surface area (Å²) in [7, 11) is 0. The molecule has 5 heteroatoms. The Morgan fingerprint density at radius 3 is 2.50 bits per heavy atom. The van der Waals surface area contributed by atoms with Gasteiger partial charge in [-0.25, -0.2) is 9.18 Å². The van der Waals surface area contributed by atoms with Crippen molar-refractivity contribution in [3.63, 3.8) is 0 Å². The van der Waals surface area contributed by atoms with Gasteiger partial charge in [-0.15, -0.1) is 0 Å². The normalized spacial score (nSPS) is 24.2. The summed E-state index contributed by atoms with van der Waals surface area (Å²) < 4.78 is 13.7. The van der Waals surface area contributed by atoms with Crippen molar-refractivity contribution in [3.05, 3.63) is 35.1 Å². The van der Waals surface area contributed by atoms with Crippen LogP contribution in [-0.4, -0.2) is 11.9 Å². The Labute approximate surface area is 91.8 Å². The second kappa shape index (κ2) is 3.30. The van der Waals surface area contributed by atoms with Gasteiger partial charge in [-0.3, -0.25) is 10.1 Å². The van der Waals surface area contributed by atoms with Gasteiger partial charge in [-0.2, -0.15) is 0 Å². The van der Waals surface area contributed by atoms with E-state index in [1.165, 1.54) is 19.1 Å². The van der Waals surface area contributed by atoms with Gasteiger partial charge in [-0.05, 0) is 25.5 Å². The number of nitrogens with one attached hydrogen (secondary N) is 2. The highest BCUT2D eigenvalue weighted by molar-refractivity contribution is 6.07. The van der Waals surface area contributed by atoms with Crippen molar-refractivity contribution in [2.45, 2.75) is 19.4 Å². The maximum atomic E-state index is 13.7. The average Bonchev–Trinajstić information content (AvgIpc) is 2.40. The highest BCUT2D eigenvalue weighted by Crippen LogP contribution is 2.27. The SMILES string of the molecule is Cc1ccc(C2(C)NC(=O)NC2=O)c(F)c1. The average molecular weight is 222 g/mol. The highest BCUT2D eigenvalue weighted by Gasteiger charge is 2.44. The topological polar surface area (TPSA) is 58.2 Å². The molecule has 1 aromatic rings. The third-order valence-electron chi connectivity index (χ3n) is 2.71. The summed E-state index contributed by atoms with van der Waals surface area (Å²) in [5.74, 6) is -1.04. The minimum atomic E-state index is -1.32. The summed E-state index contributed by atoms with van der Waals surface area (Å²) in [6, 6.07) is 3.93. The molecule has 0 aliphatic carbocycles. The molecule has 1 aliphatic heterocycles. The predicted molar refractivity (Wildman–Crippen MR) is 55.2 cm³/mol. The van der Waals surface area contributed by atoms with Gasteiger partial charge in [0.2, 0.25) is 0 Å². The first-order chi connectivity index (χ1) is 7.43. The number of imide groups is 1. The number of benzene rings is 1. The highest BCUT2D eigenvalue weighted by atomic mass is 19.1. The number of rotatable bonds is 1. The summed E-state index contributed by atoms with van der Waals surface area (Å²) >= 11 is 0.